The van der Waals surface area contributed by atoms with Gasteiger partial charge in [-0.2, -0.15) is 10.1 Å². The summed E-state index contributed by atoms with van der Waals surface area (Å²) >= 11 is 0. The molecule has 1 rings (SSSR count). The summed E-state index contributed by atoms with van der Waals surface area (Å²) < 4.78 is 0. The van der Waals surface area contributed by atoms with Crippen molar-refractivity contribution in [2.24, 2.45) is 10.3 Å². The fraction of sp³-hybridized carbons (Fsp3) is 0.500. The number of hydrogen-bond donors (Lipinski definition) is 1. The summed E-state index contributed by atoms with van der Waals surface area (Å²) in [5.41, 5.74) is 0. The molecule has 0 amide bonds. The number of rotatable bonds is 2. The normalized spacial score (nSPS) is 10.6. The van der Waals surface area contributed by atoms with E-state index in [2.05, 4.69) is 25.5 Å². The summed E-state index contributed by atoms with van der Waals surface area (Å²) in [5.74, 6) is 0.411. The molecule has 10 heavy (non-hydrogen) atoms. The molecule has 0 aliphatic carbocycles. The van der Waals surface area contributed by atoms with Crippen molar-refractivity contribution in [1.82, 2.24) is 20.2 Å². The highest BCUT2D eigenvalue weighted by molar-refractivity contribution is 5.05. The first kappa shape index (κ1) is 6.66. The Balaban J connectivity index is 2.55. The molecule has 0 fully saturated rings. The molecule has 0 aromatic carbocycles. The first-order valence-corrected chi connectivity index (χ1v) is 2.73. The molecular weight excluding hydrogens is 132 g/mol. The molecule has 1 heterocycles. The maximum atomic E-state index is 3.73. The van der Waals surface area contributed by atoms with Gasteiger partial charge >= 0.3 is 0 Å². The van der Waals surface area contributed by atoms with Gasteiger partial charge < -0.3 is 0 Å². The van der Waals surface area contributed by atoms with Gasteiger partial charge in [-0.3, -0.25) is 5.01 Å². The van der Waals surface area contributed by atoms with Gasteiger partial charge in [-0.25, -0.2) is 5.10 Å². The third-order valence-electron chi connectivity index (χ3n) is 0.721. The van der Waals surface area contributed by atoms with Crippen LogP contribution in [0.3, 0.4) is 0 Å². The molecule has 0 aliphatic rings. The first-order chi connectivity index (χ1) is 4.79. The van der Waals surface area contributed by atoms with E-state index in [0.29, 0.717) is 5.95 Å². The Morgan fingerprint density at radius 3 is 2.90 bits per heavy atom. The minimum Gasteiger partial charge on any atom is -0.284 e. The topological polar surface area (TPSA) is 69.5 Å². The fourth-order valence-corrected chi connectivity index (χ4v) is 0.379. The van der Waals surface area contributed by atoms with E-state index in [4.69, 9.17) is 0 Å². The Bertz CT molecular complexity index is 200. The summed E-state index contributed by atoms with van der Waals surface area (Å²) in [7, 11) is 3.56. The van der Waals surface area contributed by atoms with Crippen LogP contribution in [0.25, 0.3) is 0 Å². The minimum absolute atomic E-state index is 0.411. The molecule has 0 bridgehead atoms. The lowest BCUT2D eigenvalue weighted by atomic mass is 11.1. The zero-order valence-corrected chi connectivity index (χ0v) is 5.81. The Morgan fingerprint density at radius 1 is 1.60 bits per heavy atom. The lowest BCUT2D eigenvalue weighted by molar-refractivity contribution is 0.407. The molecule has 6 heteroatoms. The molecule has 0 spiro atoms. The maximum absolute atomic E-state index is 3.73. The average Bonchev–Trinajstić information content (AvgIpc) is 2.34. The van der Waals surface area contributed by atoms with Gasteiger partial charge in [-0.15, -0.1) is 0 Å². The monoisotopic (exact) mass is 140 g/mol. The van der Waals surface area contributed by atoms with Crippen LogP contribution in [-0.2, 0) is 0 Å². The van der Waals surface area contributed by atoms with Gasteiger partial charge in [0.2, 0.25) is 0 Å². The van der Waals surface area contributed by atoms with Gasteiger partial charge in [0.25, 0.3) is 5.95 Å². The Kier molecular flexibility index (Phi) is 1.93. The molecule has 0 radical (unpaired) electrons. The second kappa shape index (κ2) is 2.90. The number of nitrogens with one attached hydrogen (secondary N) is 1. The third kappa shape index (κ3) is 1.81. The molecule has 54 valence electrons. The van der Waals surface area contributed by atoms with Gasteiger partial charge in [-0.1, -0.05) is 10.3 Å². The Morgan fingerprint density at radius 2 is 2.40 bits per heavy atom. The molecule has 0 saturated carbocycles. The predicted molar refractivity (Wildman–Crippen MR) is 34.6 cm³/mol. The average molecular weight is 140 g/mol. The van der Waals surface area contributed by atoms with E-state index in [-0.39, 0.29) is 0 Å². The number of nitrogens with zero attached hydrogens (tertiary/aromatic N) is 5. The van der Waals surface area contributed by atoms with Crippen molar-refractivity contribution in [1.29, 1.82) is 0 Å². The summed E-state index contributed by atoms with van der Waals surface area (Å²) in [6.45, 7) is 0. The highest BCUT2D eigenvalue weighted by atomic mass is 15.5. The zero-order chi connectivity index (χ0) is 7.40. The largest absolute Gasteiger partial charge is 0.284 e. The van der Waals surface area contributed by atoms with Crippen LogP contribution in [-0.4, -0.2) is 34.3 Å². The van der Waals surface area contributed by atoms with Crippen LogP contribution in [0.5, 0.6) is 0 Å². The van der Waals surface area contributed by atoms with E-state index in [9.17, 15) is 0 Å². The zero-order valence-electron chi connectivity index (χ0n) is 5.81. The second-order valence-corrected chi connectivity index (χ2v) is 1.85. The standard InChI is InChI=1S/C4H8N6/c1-10(2)9-8-4-5-3-6-7-4/h3H,1-2H3,(H,5,6,7)/b9-8+. The molecule has 1 aromatic rings. The summed E-state index contributed by atoms with van der Waals surface area (Å²) in [6, 6.07) is 0. The summed E-state index contributed by atoms with van der Waals surface area (Å²) in [6.07, 6.45) is 1.38. The van der Waals surface area contributed by atoms with Gasteiger partial charge in [0.1, 0.15) is 6.33 Å². The highest BCUT2D eigenvalue weighted by Gasteiger charge is 1.87. The smallest absolute Gasteiger partial charge is 0.266 e. The predicted octanol–water partition coefficient (Wildman–Crippen LogP) is 0.365. The van der Waals surface area contributed by atoms with Crippen LogP contribution in [0.4, 0.5) is 5.95 Å². The highest BCUT2D eigenvalue weighted by Crippen LogP contribution is 1.98. The van der Waals surface area contributed by atoms with E-state index in [1.807, 2.05) is 0 Å². The van der Waals surface area contributed by atoms with E-state index in [0.717, 1.165) is 0 Å². The molecule has 0 atom stereocenters. The van der Waals surface area contributed by atoms with E-state index < -0.39 is 0 Å². The van der Waals surface area contributed by atoms with Crippen molar-refractivity contribution in [2.45, 2.75) is 0 Å². The van der Waals surface area contributed by atoms with Crippen LogP contribution < -0.4 is 0 Å². The van der Waals surface area contributed by atoms with Crippen molar-refractivity contribution in [3.05, 3.63) is 6.33 Å². The molecule has 1 N–H and O–H groups in total. The lowest BCUT2D eigenvalue weighted by Crippen LogP contribution is -1.98. The van der Waals surface area contributed by atoms with Crippen LogP contribution >= 0.6 is 0 Å². The molecule has 6 nitrogen and oxygen atoms in total. The number of H-pyrrole nitrogens is 1. The summed E-state index contributed by atoms with van der Waals surface area (Å²) in [4.78, 5) is 3.73. The molecule has 1 aromatic heterocycles. The fourth-order valence-electron chi connectivity index (χ4n) is 0.379. The first-order valence-electron chi connectivity index (χ1n) is 2.73. The van der Waals surface area contributed by atoms with Crippen LogP contribution in [0.2, 0.25) is 0 Å². The van der Waals surface area contributed by atoms with Gasteiger partial charge in [0.05, 0.1) is 0 Å². The van der Waals surface area contributed by atoms with Crippen molar-refractivity contribution < 1.29 is 0 Å². The Hall–Kier alpha value is -1.46. The minimum atomic E-state index is 0.411. The summed E-state index contributed by atoms with van der Waals surface area (Å²) in [5, 5.41) is 15.1. The third-order valence-corrected chi connectivity index (χ3v) is 0.721. The molecule has 0 unspecified atom stereocenters. The van der Waals surface area contributed by atoms with Crippen LogP contribution in [0, 0.1) is 0 Å². The maximum Gasteiger partial charge on any atom is 0.266 e. The van der Waals surface area contributed by atoms with E-state index in [1.165, 1.54) is 6.33 Å². The van der Waals surface area contributed by atoms with E-state index >= 15 is 0 Å². The van der Waals surface area contributed by atoms with Gasteiger partial charge in [0.15, 0.2) is 0 Å². The van der Waals surface area contributed by atoms with E-state index in [1.54, 1.807) is 19.1 Å². The Labute approximate surface area is 58.0 Å². The number of aromatic amines is 1. The molecular formula is C4H8N6. The second-order valence-electron chi connectivity index (χ2n) is 1.85. The van der Waals surface area contributed by atoms with Crippen LogP contribution in [0.15, 0.2) is 16.7 Å². The van der Waals surface area contributed by atoms with Gasteiger partial charge in [0, 0.05) is 14.1 Å². The van der Waals surface area contributed by atoms with Crippen molar-refractivity contribution in [3.8, 4) is 0 Å². The SMILES string of the molecule is CN(C)/N=N/c1ncn[nH]1. The molecule has 0 aliphatic heterocycles. The quantitative estimate of drug-likeness (QED) is 0.476. The van der Waals surface area contributed by atoms with Crippen molar-refractivity contribution >= 4 is 5.95 Å². The van der Waals surface area contributed by atoms with Crippen LogP contribution in [0.1, 0.15) is 0 Å². The number of aromatic nitrogens is 3. The van der Waals surface area contributed by atoms with Crippen molar-refractivity contribution in [2.75, 3.05) is 14.1 Å². The van der Waals surface area contributed by atoms with Crippen molar-refractivity contribution in [3.63, 3.8) is 0 Å². The number of hydrogen-bond acceptors (Lipinski definition) is 4. The van der Waals surface area contributed by atoms with Gasteiger partial charge in [-0.05, 0) is 0 Å². The molecule has 0 saturated heterocycles. The lowest BCUT2D eigenvalue weighted by Gasteiger charge is -1.97.